The van der Waals surface area contributed by atoms with Crippen LogP contribution in [0.15, 0.2) is 24.3 Å². The Balaban J connectivity index is 0.00000192. The Morgan fingerprint density at radius 2 is 1.57 bits per heavy atom. The smallest absolute Gasteiger partial charge is 0.269 e. The third-order valence-corrected chi connectivity index (χ3v) is 2.95. The fourth-order valence-corrected chi connectivity index (χ4v) is 1.95. The molecule has 10 nitrogen and oxygen atoms in total. The SMILES string of the molecule is Cl.Nc1nc(N)c2nc(-c3ccc([N+](=O)[O-])cc3)c(N)nc2n1. The average molecular weight is 335 g/mol. The molecule has 0 aliphatic heterocycles. The lowest BCUT2D eigenvalue weighted by atomic mass is 10.1. The highest BCUT2D eigenvalue weighted by Gasteiger charge is 2.14. The van der Waals surface area contributed by atoms with Crippen LogP contribution in [-0.4, -0.2) is 24.9 Å². The van der Waals surface area contributed by atoms with Crippen molar-refractivity contribution < 1.29 is 4.92 Å². The first-order valence-corrected chi connectivity index (χ1v) is 6.07. The second-order valence-corrected chi connectivity index (χ2v) is 4.40. The van der Waals surface area contributed by atoms with Crippen LogP contribution in [0.2, 0.25) is 0 Å². The molecular weight excluding hydrogens is 324 g/mol. The molecule has 0 aliphatic rings. The van der Waals surface area contributed by atoms with Gasteiger partial charge in [0.05, 0.1) is 4.92 Å². The molecule has 0 spiro atoms. The molecular formula is C12H11ClN8O2. The number of nitro groups is 1. The lowest BCUT2D eigenvalue weighted by molar-refractivity contribution is -0.384. The summed E-state index contributed by atoms with van der Waals surface area (Å²) in [7, 11) is 0. The first kappa shape index (κ1) is 16.1. The largest absolute Gasteiger partial charge is 0.382 e. The molecule has 0 amide bonds. The monoisotopic (exact) mass is 334 g/mol. The number of nitrogens with zero attached hydrogens (tertiary/aromatic N) is 5. The normalized spacial score (nSPS) is 10.3. The van der Waals surface area contributed by atoms with Crippen LogP contribution < -0.4 is 17.2 Å². The van der Waals surface area contributed by atoms with E-state index in [4.69, 9.17) is 17.2 Å². The molecule has 0 atom stereocenters. The Bertz CT molecular complexity index is 900. The molecule has 0 radical (unpaired) electrons. The van der Waals surface area contributed by atoms with Gasteiger partial charge in [-0.1, -0.05) is 0 Å². The van der Waals surface area contributed by atoms with Gasteiger partial charge in [0, 0.05) is 17.7 Å². The maximum absolute atomic E-state index is 10.7. The van der Waals surface area contributed by atoms with E-state index in [2.05, 4.69) is 19.9 Å². The minimum Gasteiger partial charge on any atom is -0.382 e. The molecule has 0 fully saturated rings. The third kappa shape index (κ3) is 2.87. The van der Waals surface area contributed by atoms with Crippen molar-refractivity contribution in [1.29, 1.82) is 0 Å². The van der Waals surface area contributed by atoms with Gasteiger partial charge in [-0.05, 0) is 12.1 Å². The zero-order valence-corrected chi connectivity index (χ0v) is 12.3. The van der Waals surface area contributed by atoms with Gasteiger partial charge in [0.15, 0.2) is 22.8 Å². The van der Waals surface area contributed by atoms with E-state index in [9.17, 15) is 10.1 Å². The predicted octanol–water partition coefficient (Wildman–Crippen LogP) is 1.16. The lowest BCUT2D eigenvalue weighted by Gasteiger charge is -2.07. The quantitative estimate of drug-likeness (QED) is 0.459. The maximum Gasteiger partial charge on any atom is 0.269 e. The fourth-order valence-electron chi connectivity index (χ4n) is 1.95. The van der Waals surface area contributed by atoms with Gasteiger partial charge >= 0.3 is 0 Å². The molecule has 2 aromatic heterocycles. The Labute approximate surface area is 135 Å². The van der Waals surface area contributed by atoms with E-state index in [0.717, 1.165) is 0 Å². The van der Waals surface area contributed by atoms with E-state index in [1.54, 1.807) is 0 Å². The van der Waals surface area contributed by atoms with Crippen LogP contribution in [-0.2, 0) is 0 Å². The van der Waals surface area contributed by atoms with E-state index >= 15 is 0 Å². The summed E-state index contributed by atoms with van der Waals surface area (Å²) in [5, 5.41) is 10.7. The zero-order valence-electron chi connectivity index (χ0n) is 11.5. The molecule has 0 bridgehead atoms. The average Bonchev–Trinajstić information content (AvgIpc) is 2.46. The van der Waals surface area contributed by atoms with Crippen molar-refractivity contribution in [3.63, 3.8) is 0 Å². The van der Waals surface area contributed by atoms with Gasteiger partial charge in [-0.2, -0.15) is 9.97 Å². The van der Waals surface area contributed by atoms with Crippen LogP contribution in [0, 0.1) is 10.1 Å². The zero-order chi connectivity index (χ0) is 15.9. The Morgan fingerprint density at radius 3 is 2.17 bits per heavy atom. The second kappa shape index (κ2) is 5.85. The summed E-state index contributed by atoms with van der Waals surface area (Å²) in [5.41, 5.74) is 18.4. The van der Waals surface area contributed by atoms with E-state index in [0.29, 0.717) is 11.3 Å². The molecule has 3 rings (SSSR count). The van der Waals surface area contributed by atoms with Crippen LogP contribution >= 0.6 is 12.4 Å². The summed E-state index contributed by atoms with van der Waals surface area (Å²) in [6.45, 7) is 0. The number of hydrogen-bond donors (Lipinski definition) is 3. The first-order valence-electron chi connectivity index (χ1n) is 6.07. The summed E-state index contributed by atoms with van der Waals surface area (Å²) in [6.07, 6.45) is 0. The van der Waals surface area contributed by atoms with Crippen LogP contribution in [0.25, 0.3) is 22.4 Å². The molecule has 0 aliphatic carbocycles. The molecule has 23 heavy (non-hydrogen) atoms. The van der Waals surface area contributed by atoms with Gasteiger partial charge in [-0.25, -0.2) is 9.97 Å². The highest BCUT2D eigenvalue weighted by atomic mass is 35.5. The molecule has 3 aromatic rings. The lowest BCUT2D eigenvalue weighted by Crippen LogP contribution is -2.06. The first-order chi connectivity index (χ1) is 10.5. The van der Waals surface area contributed by atoms with Crippen molar-refractivity contribution >= 4 is 46.8 Å². The second-order valence-electron chi connectivity index (χ2n) is 4.40. The molecule has 1 aromatic carbocycles. The third-order valence-electron chi connectivity index (χ3n) is 2.95. The Hall–Kier alpha value is -3.27. The number of rotatable bonds is 2. The number of halogens is 1. The number of nitro benzene ring substituents is 1. The van der Waals surface area contributed by atoms with Gasteiger partial charge in [0.25, 0.3) is 5.69 Å². The molecule has 0 unspecified atom stereocenters. The summed E-state index contributed by atoms with van der Waals surface area (Å²) in [4.78, 5) is 26.3. The standard InChI is InChI=1S/C12H10N8O2.ClH/c13-9-7(5-1-3-6(4-2-5)20(21)22)16-8-10(14)18-12(15)19-11(8)17-9;/h1-4H,(H6,13,14,15,17,18,19);1H. The number of benzene rings is 1. The predicted molar refractivity (Wildman–Crippen MR) is 87.7 cm³/mol. The van der Waals surface area contributed by atoms with Crippen LogP contribution in [0.1, 0.15) is 0 Å². The minimum atomic E-state index is -0.492. The topological polar surface area (TPSA) is 173 Å². The number of fused-ring (bicyclic) bond motifs is 1. The molecule has 6 N–H and O–H groups in total. The van der Waals surface area contributed by atoms with Crippen molar-refractivity contribution in [2.75, 3.05) is 17.2 Å². The fraction of sp³-hybridized carbons (Fsp3) is 0. The summed E-state index contributed by atoms with van der Waals surface area (Å²) in [5.74, 6) is 0.166. The number of anilines is 3. The number of aromatic nitrogens is 4. The Morgan fingerprint density at radius 1 is 0.913 bits per heavy atom. The van der Waals surface area contributed by atoms with E-state index in [1.807, 2.05) is 0 Å². The van der Waals surface area contributed by atoms with E-state index in [-0.39, 0.29) is 46.8 Å². The highest BCUT2D eigenvalue weighted by molar-refractivity contribution is 5.87. The van der Waals surface area contributed by atoms with Gasteiger partial charge in [0.2, 0.25) is 5.95 Å². The van der Waals surface area contributed by atoms with Crippen molar-refractivity contribution in [1.82, 2.24) is 19.9 Å². The number of nitrogen functional groups attached to an aromatic ring is 3. The van der Waals surface area contributed by atoms with E-state index < -0.39 is 4.92 Å². The Kier molecular flexibility index (Phi) is 4.10. The summed E-state index contributed by atoms with van der Waals surface area (Å²) < 4.78 is 0. The number of nitrogens with two attached hydrogens (primary N) is 3. The van der Waals surface area contributed by atoms with Gasteiger partial charge < -0.3 is 17.2 Å². The van der Waals surface area contributed by atoms with Crippen LogP contribution in [0.4, 0.5) is 23.3 Å². The molecule has 118 valence electrons. The number of non-ortho nitro benzene ring substituents is 1. The van der Waals surface area contributed by atoms with Crippen molar-refractivity contribution in [2.24, 2.45) is 0 Å². The van der Waals surface area contributed by atoms with E-state index in [1.165, 1.54) is 24.3 Å². The molecule has 2 heterocycles. The maximum atomic E-state index is 10.7. The summed E-state index contributed by atoms with van der Waals surface area (Å²) in [6, 6.07) is 5.75. The van der Waals surface area contributed by atoms with Crippen LogP contribution in [0.3, 0.4) is 0 Å². The van der Waals surface area contributed by atoms with Crippen molar-refractivity contribution in [3.05, 3.63) is 34.4 Å². The van der Waals surface area contributed by atoms with Gasteiger partial charge in [-0.3, -0.25) is 10.1 Å². The van der Waals surface area contributed by atoms with Gasteiger partial charge in [-0.15, -0.1) is 12.4 Å². The molecule has 0 saturated heterocycles. The van der Waals surface area contributed by atoms with Crippen LogP contribution in [0.5, 0.6) is 0 Å². The van der Waals surface area contributed by atoms with Gasteiger partial charge in [0.1, 0.15) is 5.69 Å². The minimum absolute atomic E-state index is 0. The number of hydrogen-bond acceptors (Lipinski definition) is 9. The van der Waals surface area contributed by atoms with Crippen molar-refractivity contribution in [2.45, 2.75) is 0 Å². The van der Waals surface area contributed by atoms with Crippen molar-refractivity contribution in [3.8, 4) is 11.3 Å². The highest BCUT2D eigenvalue weighted by Crippen LogP contribution is 2.27. The molecule has 0 saturated carbocycles. The summed E-state index contributed by atoms with van der Waals surface area (Å²) >= 11 is 0. The molecule has 11 heteroatoms.